The van der Waals surface area contributed by atoms with Gasteiger partial charge in [0.2, 0.25) is 5.95 Å². The van der Waals surface area contributed by atoms with Crippen molar-refractivity contribution in [1.29, 1.82) is 0 Å². The molecular weight excluding hydrogens is 372 g/mol. The molecule has 1 aliphatic rings. The van der Waals surface area contributed by atoms with Gasteiger partial charge < -0.3 is 10.6 Å². The highest BCUT2D eigenvalue weighted by molar-refractivity contribution is 6.06. The normalized spacial score (nSPS) is 15.4. The smallest absolute Gasteiger partial charge is 0.269 e. The Morgan fingerprint density at radius 2 is 1.83 bits per heavy atom. The fourth-order valence-electron chi connectivity index (χ4n) is 3.31. The van der Waals surface area contributed by atoms with Crippen LogP contribution in [0, 0.1) is 17.0 Å². The van der Waals surface area contributed by atoms with Crippen LogP contribution in [0.5, 0.6) is 0 Å². The van der Waals surface area contributed by atoms with Gasteiger partial charge in [-0.3, -0.25) is 14.9 Å². The number of hydrogen-bond acceptors (Lipinski definition) is 6. The molecule has 1 amide bonds. The van der Waals surface area contributed by atoms with Gasteiger partial charge in [0, 0.05) is 23.5 Å². The predicted molar refractivity (Wildman–Crippen MR) is 107 cm³/mol. The number of fused-ring (bicyclic) bond motifs is 1. The van der Waals surface area contributed by atoms with E-state index in [4.69, 9.17) is 0 Å². The Kier molecular flexibility index (Phi) is 4.55. The van der Waals surface area contributed by atoms with E-state index in [0.29, 0.717) is 28.5 Å². The molecule has 0 saturated carbocycles. The second-order valence-electron chi connectivity index (χ2n) is 6.76. The van der Waals surface area contributed by atoms with Crippen molar-refractivity contribution in [2.45, 2.75) is 19.9 Å². The van der Waals surface area contributed by atoms with E-state index in [1.54, 1.807) is 23.7 Å². The first-order valence-electron chi connectivity index (χ1n) is 8.93. The Bertz CT molecular complexity index is 1120. The van der Waals surface area contributed by atoms with Gasteiger partial charge in [-0.2, -0.15) is 10.1 Å². The number of anilines is 2. The first-order chi connectivity index (χ1) is 13.9. The maximum Gasteiger partial charge on any atom is 0.269 e. The van der Waals surface area contributed by atoms with Gasteiger partial charge in [-0.05, 0) is 43.7 Å². The number of allylic oxidation sites excluding steroid dienone is 1. The Morgan fingerprint density at radius 1 is 1.14 bits per heavy atom. The van der Waals surface area contributed by atoms with Gasteiger partial charge in [-0.15, -0.1) is 0 Å². The summed E-state index contributed by atoms with van der Waals surface area (Å²) in [5, 5.41) is 21.3. The number of hydrogen-bond donors (Lipinski definition) is 2. The number of benzene rings is 2. The van der Waals surface area contributed by atoms with Crippen LogP contribution in [-0.2, 0) is 4.79 Å². The molecule has 0 bridgehead atoms. The molecule has 1 aliphatic heterocycles. The molecule has 1 aromatic heterocycles. The number of non-ortho nitro benzene ring substituents is 1. The Balaban J connectivity index is 1.74. The fraction of sp³-hybridized carbons (Fsp3) is 0.150. The van der Waals surface area contributed by atoms with E-state index in [2.05, 4.69) is 20.7 Å². The molecule has 0 radical (unpaired) electrons. The minimum atomic E-state index is -0.569. The Hall–Kier alpha value is -4.01. The fourth-order valence-corrected chi connectivity index (χ4v) is 3.31. The molecular formula is C20H18N6O3. The zero-order valence-electron chi connectivity index (χ0n) is 15.8. The molecule has 9 nitrogen and oxygen atoms in total. The maximum absolute atomic E-state index is 13.2. The van der Waals surface area contributed by atoms with Gasteiger partial charge in [0.25, 0.3) is 11.6 Å². The highest BCUT2D eigenvalue weighted by Crippen LogP contribution is 2.35. The topological polar surface area (TPSA) is 115 Å². The lowest BCUT2D eigenvalue weighted by Gasteiger charge is -2.28. The quantitative estimate of drug-likeness (QED) is 0.521. The van der Waals surface area contributed by atoms with Crippen molar-refractivity contribution >= 4 is 23.2 Å². The number of carbonyl (C=O) groups excluding carboxylic acids is 1. The lowest BCUT2D eigenvalue weighted by atomic mass is 9.95. The minimum absolute atomic E-state index is 0.0205. The van der Waals surface area contributed by atoms with E-state index >= 15 is 0 Å². The molecule has 0 fully saturated rings. The van der Waals surface area contributed by atoms with Crippen LogP contribution < -0.4 is 10.6 Å². The lowest BCUT2D eigenvalue weighted by Crippen LogP contribution is -2.31. The van der Waals surface area contributed by atoms with E-state index in [1.807, 2.05) is 31.2 Å². The van der Waals surface area contributed by atoms with E-state index in [0.717, 1.165) is 5.56 Å². The SMILES string of the molecule is CC1=C(C(=O)Nc2ccc(C)cc2)[C@@H](c2ccc([N+](=O)[O-])cc2)n2ncnc2N1. The van der Waals surface area contributed by atoms with Crippen molar-refractivity contribution < 1.29 is 9.72 Å². The number of nitro benzene ring substituents is 1. The van der Waals surface area contributed by atoms with Crippen LogP contribution in [0.1, 0.15) is 24.1 Å². The predicted octanol–water partition coefficient (Wildman–Crippen LogP) is 3.42. The summed E-state index contributed by atoms with van der Waals surface area (Å²) in [4.78, 5) is 27.9. The largest absolute Gasteiger partial charge is 0.328 e. The number of rotatable bonds is 4. The van der Waals surface area contributed by atoms with Crippen LogP contribution in [0.2, 0.25) is 0 Å². The van der Waals surface area contributed by atoms with Gasteiger partial charge >= 0.3 is 0 Å². The van der Waals surface area contributed by atoms with Crippen LogP contribution in [0.15, 0.2) is 66.1 Å². The molecule has 2 aromatic carbocycles. The molecule has 29 heavy (non-hydrogen) atoms. The van der Waals surface area contributed by atoms with E-state index in [1.165, 1.54) is 18.5 Å². The van der Waals surface area contributed by atoms with Crippen molar-refractivity contribution in [3.63, 3.8) is 0 Å². The van der Waals surface area contributed by atoms with Gasteiger partial charge in [0.05, 0.1) is 10.5 Å². The van der Waals surface area contributed by atoms with Crippen molar-refractivity contribution in [3.8, 4) is 0 Å². The van der Waals surface area contributed by atoms with Crippen molar-refractivity contribution in [3.05, 3.63) is 87.4 Å². The van der Waals surface area contributed by atoms with E-state index in [9.17, 15) is 14.9 Å². The van der Waals surface area contributed by atoms with Gasteiger partial charge in [0.15, 0.2) is 0 Å². The third-order valence-corrected chi connectivity index (χ3v) is 4.77. The first kappa shape index (κ1) is 18.4. The van der Waals surface area contributed by atoms with Gasteiger partial charge in [-0.25, -0.2) is 4.68 Å². The monoisotopic (exact) mass is 390 g/mol. The summed E-state index contributed by atoms with van der Waals surface area (Å²) >= 11 is 0. The number of nitrogens with zero attached hydrogens (tertiary/aromatic N) is 4. The maximum atomic E-state index is 13.2. The second kappa shape index (κ2) is 7.19. The van der Waals surface area contributed by atoms with E-state index < -0.39 is 11.0 Å². The number of nitro groups is 1. The number of amides is 1. The van der Waals surface area contributed by atoms with Crippen LogP contribution in [0.3, 0.4) is 0 Å². The Labute approximate surface area is 166 Å². The Morgan fingerprint density at radius 3 is 2.48 bits per heavy atom. The van der Waals surface area contributed by atoms with Crippen LogP contribution >= 0.6 is 0 Å². The molecule has 0 aliphatic carbocycles. The highest BCUT2D eigenvalue weighted by Gasteiger charge is 2.33. The zero-order chi connectivity index (χ0) is 20.5. The molecule has 9 heteroatoms. The molecule has 0 saturated heterocycles. The third kappa shape index (κ3) is 3.45. The second-order valence-corrected chi connectivity index (χ2v) is 6.76. The van der Waals surface area contributed by atoms with E-state index in [-0.39, 0.29) is 11.6 Å². The number of aryl methyl sites for hydroxylation is 1. The summed E-state index contributed by atoms with van der Waals surface area (Å²) in [5.74, 6) is 0.209. The number of nitrogens with one attached hydrogen (secondary N) is 2. The molecule has 146 valence electrons. The first-order valence-corrected chi connectivity index (χ1v) is 8.93. The summed E-state index contributed by atoms with van der Waals surface area (Å²) in [6, 6.07) is 13.0. The average Bonchev–Trinajstić information content (AvgIpc) is 3.16. The van der Waals surface area contributed by atoms with Crippen molar-refractivity contribution in [2.24, 2.45) is 0 Å². The standard InChI is InChI=1S/C20H18N6O3/c1-12-3-7-15(8-4-12)24-19(27)17-13(2)23-20-21-11-22-25(20)18(17)14-5-9-16(10-6-14)26(28)29/h3-11,18H,1-2H3,(H,24,27)(H,21,22,23)/t18-/m1/s1. The molecule has 4 rings (SSSR count). The van der Waals surface area contributed by atoms with Gasteiger partial charge in [0.1, 0.15) is 12.4 Å². The zero-order valence-corrected chi connectivity index (χ0v) is 15.8. The van der Waals surface area contributed by atoms with Crippen molar-refractivity contribution in [1.82, 2.24) is 14.8 Å². The molecule has 2 N–H and O–H groups in total. The van der Waals surface area contributed by atoms with Crippen LogP contribution in [-0.4, -0.2) is 25.6 Å². The average molecular weight is 390 g/mol. The molecule has 1 atom stereocenters. The molecule has 2 heterocycles. The summed E-state index contributed by atoms with van der Waals surface area (Å²) in [6.07, 6.45) is 1.40. The summed E-state index contributed by atoms with van der Waals surface area (Å²) in [7, 11) is 0. The number of carbonyl (C=O) groups is 1. The lowest BCUT2D eigenvalue weighted by molar-refractivity contribution is -0.384. The molecule has 0 spiro atoms. The molecule has 3 aromatic rings. The van der Waals surface area contributed by atoms with Crippen LogP contribution in [0.4, 0.5) is 17.3 Å². The van der Waals surface area contributed by atoms with Crippen LogP contribution in [0.25, 0.3) is 0 Å². The summed E-state index contributed by atoms with van der Waals surface area (Å²) in [5.41, 5.74) is 3.53. The summed E-state index contributed by atoms with van der Waals surface area (Å²) in [6.45, 7) is 3.76. The summed E-state index contributed by atoms with van der Waals surface area (Å²) < 4.78 is 1.60. The van der Waals surface area contributed by atoms with Gasteiger partial charge in [-0.1, -0.05) is 17.7 Å². The third-order valence-electron chi connectivity index (χ3n) is 4.77. The minimum Gasteiger partial charge on any atom is -0.328 e. The highest BCUT2D eigenvalue weighted by atomic mass is 16.6. The number of aromatic nitrogens is 3. The van der Waals surface area contributed by atoms with Crippen molar-refractivity contribution in [2.75, 3.05) is 10.6 Å². The molecule has 0 unspecified atom stereocenters.